The number of hydrogen-bond donors (Lipinski definition) is 1. The lowest BCUT2D eigenvalue weighted by Gasteiger charge is -2.38. The molecule has 2 amide bonds. The summed E-state index contributed by atoms with van der Waals surface area (Å²) in [6.07, 6.45) is 3.42. The molecule has 0 radical (unpaired) electrons. The maximum atomic E-state index is 12.3. The highest BCUT2D eigenvalue weighted by atomic mass is 16.2. The van der Waals surface area contributed by atoms with Crippen molar-refractivity contribution in [2.75, 3.05) is 5.32 Å². The highest BCUT2D eigenvalue weighted by molar-refractivity contribution is 5.89. The van der Waals surface area contributed by atoms with Crippen LogP contribution in [-0.2, 0) is 0 Å². The van der Waals surface area contributed by atoms with Crippen LogP contribution in [0.2, 0.25) is 0 Å². The molecule has 1 saturated heterocycles. The molecule has 3 nitrogen and oxygen atoms in total. The number of aryl methyl sites for hydroxylation is 1. The Morgan fingerprint density at radius 2 is 1.72 bits per heavy atom. The van der Waals surface area contributed by atoms with Gasteiger partial charge >= 0.3 is 6.03 Å². The molecule has 1 aliphatic rings. The Morgan fingerprint density at radius 1 is 1.17 bits per heavy atom. The molecule has 1 aromatic carbocycles. The molecule has 0 spiro atoms. The number of hydrogen-bond acceptors (Lipinski definition) is 1. The zero-order valence-electron chi connectivity index (χ0n) is 11.4. The van der Waals surface area contributed by atoms with Gasteiger partial charge in [-0.25, -0.2) is 4.79 Å². The van der Waals surface area contributed by atoms with Crippen molar-refractivity contribution in [3.05, 3.63) is 29.8 Å². The number of rotatable bonds is 1. The van der Waals surface area contributed by atoms with Crippen LogP contribution in [0, 0.1) is 6.92 Å². The third kappa shape index (κ3) is 2.84. The van der Waals surface area contributed by atoms with Crippen molar-refractivity contribution in [2.45, 2.75) is 52.1 Å². The number of nitrogens with zero attached hydrogens (tertiary/aromatic N) is 1. The summed E-state index contributed by atoms with van der Waals surface area (Å²) in [5, 5.41) is 2.99. The molecule has 0 saturated carbocycles. The normalized spacial score (nSPS) is 23.8. The number of amides is 2. The Bertz CT molecular complexity index is 403. The maximum absolute atomic E-state index is 12.3. The topological polar surface area (TPSA) is 32.3 Å². The number of piperidine rings is 1. The van der Waals surface area contributed by atoms with E-state index in [1.54, 1.807) is 0 Å². The number of anilines is 1. The van der Waals surface area contributed by atoms with Crippen LogP contribution in [0.15, 0.2) is 24.3 Å². The van der Waals surface area contributed by atoms with Gasteiger partial charge in [0.05, 0.1) is 0 Å². The molecular weight excluding hydrogens is 224 g/mol. The van der Waals surface area contributed by atoms with Gasteiger partial charge in [-0.3, -0.25) is 0 Å². The van der Waals surface area contributed by atoms with E-state index in [-0.39, 0.29) is 6.03 Å². The first-order valence-corrected chi connectivity index (χ1v) is 6.74. The van der Waals surface area contributed by atoms with Crippen molar-refractivity contribution in [1.82, 2.24) is 4.90 Å². The van der Waals surface area contributed by atoms with E-state index in [0.29, 0.717) is 12.1 Å². The molecule has 1 N–H and O–H groups in total. The van der Waals surface area contributed by atoms with Crippen LogP contribution in [0.4, 0.5) is 10.5 Å². The molecule has 1 fully saturated rings. The minimum atomic E-state index is 0.0264. The zero-order chi connectivity index (χ0) is 13.1. The zero-order valence-corrected chi connectivity index (χ0v) is 11.4. The van der Waals surface area contributed by atoms with Crippen molar-refractivity contribution < 1.29 is 4.79 Å². The van der Waals surface area contributed by atoms with Crippen molar-refractivity contribution >= 4 is 11.7 Å². The van der Waals surface area contributed by atoms with E-state index in [1.807, 2.05) is 36.1 Å². The van der Waals surface area contributed by atoms with Crippen molar-refractivity contribution in [2.24, 2.45) is 0 Å². The molecular formula is C15H22N2O. The van der Waals surface area contributed by atoms with Gasteiger partial charge in [0.25, 0.3) is 0 Å². The number of benzene rings is 1. The molecule has 2 atom stereocenters. The van der Waals surface area contributed by atoms with Gasteiger partial charge in [-0.05, 0) is 52.2 Å². The van der Waals surface area contributed by atoms with Crippen LogP contribution in [0.3, 0.4) is 0 Å². The van der Waals surface area contributed by atoms with Crippen molar-refractivity contribution in [3.63, 3.8) is 0 Å². The quantitative estimate of drug-likeness (QED) is 0.803. The van der Waals surface area contributed by atoms with Crippen LogP contribution in [-0.4, -0.2) is 23.0 Å². The van der Waals surface area contributed by atoms with Gasteiger partial charge in [-0.15, -0.1) is 0 Å². The van der Waals surface area contributed by atoms with Crippen LogP contribution < -0.4 is 5.32 Å². The summed E-state index contributed by atoms with van der Waals surface area (Å²) in [6, 6.07) is 8.62. The van der Waals surface area contributed by atoms with Crippen molar-refractivity contribution in [1.29, 1.82) is 0 Å². The average molecular weight is 246 g/mol. The van der Waals surface area contributed by atoms with Gasteiger partial charge in [0.2, 0.25) is 0 Å². The first-order chi connectivity index (χ1) is 8.58. The van der Waals surface area contributed by atoms with Gasteiger partial charge in [-0.1, -0.05) is 17.7 Å². The molecule has 0 aromatic heterocycles. The Hall–Kier alpha value is -1.51. The number of urea groups is 1. The first-order valence-electron chi connectivity index (χ1n) is 6.74. The minimum Gasteiger partial charge on any atom is -0.319 e. The number of carbonyl (C=O) groups is 1. The molecule has 0 bridgehead atoms. The number of likely N-dealkylation sites (tertiary alicyclic amines) is 1. The highest BCUT2D eigenvalue weighted by Crippen LogP contribution is 2.23. The Balaban J connectivity index is 2.04. The summed E-state index contributed by atoms with van der Waals surface area (Å²) in [5.74, 6) is 0. The third-order valence-corrected chi connectivity index (χ3v) is 3.73. The molecule has 1 heterocycles. The number of carbonyl (C=O) groups excluding carboxylic acids is 1. The van der Waals surface area contributed by atoms with Gasteiger partial charge in [-0.2, -0.15) is 0 Å². The van der Waals surface area contributed by atoms with Gasteiger partial charge in [0.1, 0.15) is 0 Å². The maximum Gasteiger partial charge on any atom is 0.322 e. The minimum absolute atomic E-state index is 0.0264. The SMILES string of the molecule is Cc1ccc(NC(=O)N2[C@@H](C)CCC[C@@H]2C)cc1. The standard InChI is InChI=1S/C15H22N2O/c1-11-7-9-14(10-8-11)16-15(18)17-12(2)5-4-6-13(17)3/h7-10,12-13H,4-6H2,1-3H3,(H,16,18)/t12-,13-/m0/s1. The van der Waals surface area contributed by atoms with Gasteiger partial charge in [0, 0.05) is 17.8 Å². The Morgan fingerprint density at radius 3 is 2.28 bits per heavy atom. The van der Waals surface area contributed by atoms with E-state index >= 15 is 0 Å². The summed E-state index contributed by atoms with van der Waals surface area (Å²) in [7, 11) is 0. The first kappa shape index (κ1) is 12.9. The summed E-state index contributed by atoms with van der Waals surface area (Å²) in [4.78, 5) is 14.3. The summed E-state index contributed by atoms with van der Waals surface area (Å²) < 4.78 is 0. The van der Waals surface area contributed by atoms with E-state index in [4.69, 9.17) is 0 Å². The van der Waals surface area contributed by atoms with E-state index < -0.39 is 0 Å². The molecule has 18 heavy (non-hydrogen) atoms. The second-order valence-electron chi connectivity index (χ2n) is 5.33. The van der Waals surface area contributed by atoms with E-state index in [9.17, 15) is 4.79 Å². The predicted octanol–water partition coefficient (Wildman–Crippen LogP) is 3.79. The Labute approximate surface area is 109 Å². The lowest BCUT2D eigenvalue weighted by atomic mass is 9.98. The molecule has 3 heteroatoms. The molecule has 1 aliphatic heterocycles. The lowest BCUT2D eigenvalue weighted by Crippen LogP contribution is -2.49. The smallest absolute Gasteiger partial charge is 0.319 e. The Kier molecular flexibility index (Phi) is 3.90. The van der Waals surface area contributed by atoms with Crippen LogP contribution in [0.1, 0.15) is 38.7 Å². The van der Waals surface area contributed by atoms with Crippen LogP contribution in [0.5, 0.6) is 0 Å². The molecule has 0 aliphatic carbocycles. The van der Waals surface area contributed by atoms with E-state index in [1.165, 1.54) is 12.0 Å². The fraction of sp³-hybridized carbons (Fsp3) is 0.533. The lowest BCUT2D eigenvalue weighted by molar-refractivity contribution is 0.133. The van der Waals surface area contributed by atoms with Gasteiger partial charge < -0.3 is 10.2 Å². The summed E-state index contributed by atoms with van der Waals surface area (Å²) >= 11 is 0. The largest absolute Gasteiger partial charge is 0.322 e. The van der Waals surface area contributed by atoms with E-state index in [2.05, 4.69) is 19.2 Å². The van der Waals surface area contributed by atoms with Crippen LogP contribution >= 0.6 is 0 Å². The third-order valence-electron chi connectivity index (χ3n) is 3.73. The molecule has 98 valence electrons. The molecule has 0 unspecified atom stereocenters. The fourth-order valence-electron chi connectivity index (χ4n) is 2.65. The summed E-state index contributed by atoms with van der Waals surface area (Å²) in [6.45, 7) is 6.30. The van der Waals surface area contributed by atoms with E-state index in [0.717, 1.165) is 18.5 Å². The second kappa shape index (κ2) is 5.42. The highest BCUT2D eigenvalue weighted by Gasteiger charge is 2.28. The fourth-order valence-corrected chi connectivity index (χ4v) is 2.65. The monoisotopic (exact) mass is 246 g/mol. The summed E-state index contributed by atoms with van der Waals surface area (Å²) in [5.41, 5.74) is 2.07. The average Bonchev–Trinajstić information content (AvgIpc) is 2.32. The van der Waals surface area contributed by atoms with Crippen LogP contribution in [0.25, 0.3) is 0 Å². The number of nitrogens with one attached hydrogen (secondary N) is 1. The second-order valence-corrected chi connectivity index (χ2v) is 5.33. The predicted molar refractivity (Wildman–Crippen MR) is 74.8 cm³/mol. The van der Waals surface area contributed by atoms with Gasteiger partial charge in [0.15, 0.2) is 0 Å². The molecule has 1 aromatic rings. The molecule has 2 rings (SSSR count). The van der Waals surface area contributed by atoms with Crippen molar-refractivity contribution in [3.8, 4) is 0 Å².